The van der Waals surface area contributed by atoms with Crippen LogP contribution in [0.4, 0.5) is 0 Å². The Kier molecular flexibility index (Phi) is 6.75. The van der Waals surface area contributed by atoms with Gasteiger partial charge in [0.1, 0.15) is 6.17 Å². The third kappa shape index (κ3) is 4.05. The predicted molar refractivity (Wildman–Crippen MR) is 142 cm³/mol. The molecule has 2 aromatic rings. The summed E-state index contributed by atoms with van der Waals surface area (Å²) in [6, 6.07) is 9.88. The summed E-state index contributed by atoms with van der Waals surface area (Å²) in [5, 5.41) is 13.0. The molecule has 0 bridgehead atoms. The van der Waals surface area contributed by atoms with E-state index >= 15 is 0 Å². The SMILES string of the molecule is CCN(CC)CCC1N(C)C(=O)c2c(O)c(=O)ccn2N1C1c2ccccc2CCC2C=CC=CC21. The van der Waals surface area contributed by atoms with Crippen molar-refractivity contribution in [2.75, 3.05) is 31.7 Å². The Balaban J connectivity index is 1.71. The van der Waals surface area contributed by atoms with Gasteiger partial charge < -0.3 is 14.9 Å². The van der Waals surface area contributed by atoms with Gasteiger partial charge in [0, 0.05) is 38.2 Å². The Labute approximate surface area is 212 Å². The fourth-order valence-electron chi connectivity index (χ4n) is 6.21. The zero-order chi connectivity index (χ0) is 25.4. The van der Waals surface area contributed by atoms with E-state index in [0.29, 0.717) is 5.92 Å². The minimum Gasteiger partial charge on any atom is -0.502 e. The van der Waals surface area contributed by atoms with E-state index in [1.807, 2.05) is 0 Å². The molecule has 0 saturated heterocycles. The zero-order valence-corrected chi connectivity index (χ0v) is 21.4. The Morgan fingerprint density at radius 1 is 1.06 bits per heavy atom. The molecule has 1 aromatic carbocycles. The highest BCUT2D eigenvalue weighted by Crippen LogP contribution is 2.45. The first-order chi connectivity index (χ1) is 17.5. The van der Waals surface area contributed by atoms with Gasteiger partial charge in [0.25, 0.3) is 5.91 Å². The summed E-state index contributed by atoms with van der Waals surface area (Å²) in [4.78, 5) is 30.0. The first kappa shape index (κ1) is 24.4. The zero-order valence-electron chi connectivity index (χ0n) is 21.4. The highest BCUT2D eigenvalue weighted by atomic mass is 16.3. The Morgan fingerprint density at radius 2 is 1.81 bits per heavy atom. The lowest BCUT2D eigenvalue weighted by molar-refractivity contribution is 0.0562. The van der Waals surface area contributed by atoms with Gasteiger partial charge in [-0.1, -0.05) is 62.4 Å². The molecule has 0 spiro atoms. The summed E-state index contributed by atoms with van der Waals surface area (Å²) >= 11 is 0. The van der Waals surface area contributed by atoms with Crippen molar-refractivity contribution in [1.82, 2.24) is 14.5 Å². The van der Waals surface area contributed by atoms with E-state index in [0.717, 1.165) is 38.9 Å². The van der Waals surface area contributed by atoms with Crippen molar-refractivity contribution >= 4 is 5.91 Å². The topological polar surface area (TPSA) is 69.0 Å². The number of benzene rings is 1. The number of hydrogen-bond acceptors (Lipinski definition) is 5. The summed E-state index contributed by atoms with van der Waals surface area (Å²) in [7, 11) is 1.79. The van der Waals surface area contributed by atoms with Gasteiger partial charge >= 0.3 is 0 Å². The fourth-order valence-corrected chi connectivity index (χ4v) is 6.21. The maximum absolute atomic E-state index is 13.5. The number of aromatic hydroxyl groups is 1. The number of hydrogen-bond donors (Lipinski definition) is 1. The molecule has 36 heavy (non-hydrogen) atoms. The largest absolute Gasteiger partial charge is 0.502 e. The second kappa shape index (κ2) is 9.97. The number of pyridine rings is 1. The number of carbonyl (C=O) groups is 1. The summed E-state index contributed by atoms with van der Waals surface area (Å²) in [6.07, 6.45) is 13.0. The molecule has 0 fully saturated rings. The van der Waals surface area contributed by atoms with Crippen LogP contribution >= 0.6 is 0 Å². The molecule has 190 valence electrons. The molecule has 4 atom stereocenters. The second-order valence-corrected chi connectivity index (χ2v) is 10.0. The Morgan fingerprint density at radius 3 is 2.58 bits per heavy atom. The number of aryl methyl sites for hydroxylation is 1. The van der Waals surface area contributed by atoms with Crippen molar-refractivity contribution in [3.63, 3.8) is 0 Å². The van der Waals surface area contributed by atoms with Gasteiger partial charge in [0.05, 0.1) is 6.04 Å². The van der Waals surface area contributed by atoms with Gasteiger partial charge in [-0.15, -0.1) is 0 Å². The molecule has 7 heteroatoms. The normalized spacial score (nSPS) is 24.9. The van der Waals surface area contributed by atoms with E-state index in [9.17, 15) is 14.7 Å². The van der Waals surface area contributed by atoms with E-state index < -0.39 is 11.2 Å². The number of amides is 1. The van der Waals surface area contributed by atoms with Crippen LogP contribution in [-0.2, 0) is 6.42 Å². The van der Waals surface area contributed by atoms with Crippen LogP contribution in [0.1, 0.15) is 54.3 Å². The average Bonchev–Trinajstić information content (AvgIpc) is 3.06. The van der Waals surface area contributed by atoms with Crippen LogP contribution < -0.4 is 10.4 Å². The van der Waals surface area contributed by atoms with Crippen molar-refractivity contribution in [1.29, 1.82) is 0 Å². The molecule has 1 aliphatic heterocycles. The highest BCUT2D eigenvalue weighted by Gasteiger charge is 2.45. The monoisotopic (exact) mass is 488 g/mol. The maximum Gasteiger partial charge on any atom is 0.277 e. The van der Waals surface area contributed by atoms with E-state index in [1.165, 1.54) is 17.2 Å². The average molecular weight is 489 g/mol. The van der Waals surface area contributed by atoms with E-state index in [2.05, 4.69) is 72.3 Å². The third-order valence-electron chi connectivity index (χ3n) is 8.24. The molecule has 0 radical (unpaired) electrons. The first-order valence-electron chi connectivity index (χ1n) is 13.1. The van der Waals surface area contributed by atoms with Gasteiger partial charge in [-0.05, 0) is 43.0 Å². The Bertz CT molecular complexity index is 1250. The minimum atomic E-state index is -0.538. The lowest BCUT2D eigenvalue weighted by atomic mass is 9.80. The molecule has 1 amide bonds. The minimum absolute atomic E-state index is 0.0395. The van der Waals surface area contributed by atoms with Gasteiger partial charge in [-0.2, -0.15) is 0 Å². The number of nitrogens with zero attached hydrogens (tertiary/aromatic N) is 4. The third-order valence-corrected chi connectivity index (χ3v) is 8.24. The summed E-state index contributed by atoms with van der Waals surface area (Å²) in [5.41, 5.74) is 2.05. The molecule has 1 N–H and O–H groups in total. The number of carbonyl (C=O) groups excluding carboxylic acids is 1. The van der Waals surface area contributed by atoms with Gasteiger partial charge in [0.2, 0.25) is 5.43 Å². The number of allylic oxidation sites excluding steroid dienone is 3. The van der Waals surface area contributed by atoms with Crippen LogP contribution in [-0.4, -0.2) is 58.3 Å². The molecule has 5 rings (SSSR count). The molecule has 2 heterocycles. The Hall–Kier alpha value is -3.32. The van der Waals surface area contributed by atoms with Crippen molar-refractivity contribution in [2.45, 2.75) is 45.3 Å². The van der Waals surface area contributed by atoms with E-state index in [-0.39, 0.29) is 29.7 Å². The molecule has 4 unspecified atom stereocenters. The van der Waals surface area contributed by atoms with Gasteiger partial charge in [0.15, 0.2) is 11.4 Å². The molecule has 3 aliphatic rings. The number of rotatable bonds is 6. The van der Waals surface area contributed by atoms with Crippen LogP contribution in [0, 0.1) is 11.8 Å². The van der Waals surface area contributed by atoms with Crippen LogP contribution in [0.25, 0.3) is 0 Å². The number of aromatic nitrogens is 1. The summed E-state index contributed by atoms with van der Waals surface area (Å²) in [5.74, 6) is -0.275. The van der Waals surface area contributed by atoms with E-state index in [1.54, 1.807) is 22.8 Å². The fraction of sp³-hybridized carbons (Fsp3) is 0.448. The van der Waals surface area contributed by atoms with E-state index in [4.69, 9.17) is 0 Å². The molecule has 7 nitrogen and oxygen atoms in total. The van der Waals surface area contributed by atoms with Crippen LogP contribution in [0.2, 0.25) is 0 Å². The quantitative estimate of drug-likeness (QED) is 0.672. The van der Waals surface area contributed by atoms with Crippen molar-refractivity contribution in [2.24, 2.45) is 11.8 Å². The van der Waals surface area contributed by atoms with Crippen molar-refractivity contribution < 1.29 is 9.90 Å². The number of fused-ring (bicyclic) bond motifs is 3. The molecule has 1 aromatic heterocycles. The smallest absolute Gasteiger partial charge is 0.277 e. The van der Waals surface area contributed by atoms with Gasteiger partial charge in [-0.25, -0.2) is 0 Å². The molecular weight excluding hydrogens is 452 g/mol. The summed E-state index contributed by atoms with van der Waals surface area (Å²) in [6.45, 7) is 7.02. The lowest BCUT2D eigenvalue weighted by Gasteiger charge is -2.51. The molecular formula is C29H36N4O3. The highest BCUT2D eigenvalue weighted by molar-refractivity contribution is 5.96. The second-order valence-electron chi connectivity index (χ2n) is 10.0. The van der Waals surface area contributed by atoms with Crippen molar-refractivity contribution in [3.05, 3.63) is 87.9 Å². The lowest BCUT2D eigenvalue weighted by Crippen LogP contribution is -2.62. The molecule has 0 saturated carbocycles. The first-order valence-corrected chi connectivity index (χ1v) is 13.1. The van der Waals surface area contributed by atoms with Crippen molar-refractivity contribution in [3.8, 4) is 5.75 Å². The van der Waals surface area contributed by atoms with Crippen LogP contribution in [0.5, 0.6) is 5.75 Å². The van der Waals surface area contributed by atoms with Crippen LogP contribution in [0.15, 0.2) is 65.6 Å². The van der Waals surface area contributed by atoms with Gasteiger partial charge in [-0.3, -0.25) is 19.3 Å². The predicted octanol–water partition coefficient (Wildman–Crippen LogP) is 3.68. The maximum atomic E-state index is 13.5. The summed E-state index contributed by atoms with van der Waals surface area (Å²) < 4.78 is 1.77. The molecule has 2 aliphatic carbocycles. The standard InChI is InChI=1S/C29H36N4O3/c1-4-31(5-2)18-17-25-30(3)29(36)27-28(35)24(34)16-19-32(27)33(25)26-22-12-8-6-10-20(22)14-15-21-11-7-9-13-23(21)26/h6-13,16,19-20,22,25-26,35H,4-5,14-15,17-18H2,1-3H3. The van der Waals surface area contributed by atoms with Crippen LogP contribution in [0.3, 0.4) is 0 Å².